The first-order valence-corrected chi connectivity index (χ1v) is 10.4. The summed E-state index contributed by atoms with van der Waals surface area (Å²) in [5.74, 6) is 0.222. The van der Waals surface area contributed by atoms with Crippen LogP contribution in [0.5, 0.6) is 0 Å². The number of nitrogens with one attached hydrogen (secondary N) is 2. The van der Waals surface area contributed by atoms with Crippen molar-refractivity contribution in [3.63, 3.8) is 0 Å². The Bertz CT molecular complexity index is 958. The zero-order valence-corrected chi connectivity index (χ0v) is 17.4. The van der Waals surface area contributed by atoms with Crippen molar-refractivity contribution in [3.8, 4) is 0 Å². The molecule has 0 saturated heterocycles. The molecule has 29 heavy (non-hydrogen) atoms. The van der Waals surface area contributed by atoms with Gasteiger partial charge in [-0.2, -0.15) is 0 Å². The third kappa shape index (κ3) is 5.89. The highest BCUT2D eigenvalue weighted by atomic mass is 35.5. The molecule has 0 saturated carbocycles. The number of anilines is 1. The summed E-state index contributed by atoms with van der Waals surface area (Å²) in [6.07, 6.45) is 2.20. The molecule has 0 bridgehead atoms. The van der Waals surface area contributed by atoms with Crippen molar-refractivity contribution in [2.45, 2.75) is 30.0 Å². The summed E-state index contributed by atoms with van der Waals surface area (Å²) in [7, 11) is 0. The Kier molecular flexibility index (Phi) is 7.38. The Morgan fingerprint density at radius 2 is 1.83 bits per heavy atom. The molecule has 3 aromatic rings. The zero-order valence-electron chi connectivity index (χ0n) is 15.9. The van der Waals surface area contributed by atoms with Gasteiger partial charge in [0.05, 0.1) is 29.3 Å². The van der Waals surface area contributed by atoms with Crippen LogP contribution in [0.25, 0.3) is 0 Å². The predicted molar refractivity (Wildman–Crippen MR) is 116 cm³/mol. The average Bonchev–Trinajstić information content (AvgIpc) is 3.25. The van der Waals surface area contributed by atoms with Crippen LogP contribution in [0.3, 0.4) is 0 Å². The minimum Gasteiger partial charge on any atom is -0.467 e. The largest absolute Gasteiger partial charge is 0.467 e. The summed E-state index contributed by atoms with van der Waals surface area (Å²) in [6.45, 7) is 2.23. The molecule has 2 aromatic carbocycles. The molecule has 0 aliphatic heterocycles. The molecule has 1 atom stereocenters. The number of thioether (sulfide) groups is 1. The molecule has 0 spiro atoms. The second kappa shape index (κ2) is 10.2. The van der Waals surface area contributed by atoms with Crippen LogP contribution in [-0.2, 0) is 11.3 Å². The lowest BCUT2D eigenvalue weighted by molar-refractivity contribution is -0.115. The summed E-state index contributed by atoms with van der Waals surface area (Å²) < 4.78 is 5.23. The molecule has 2 amide bonds. The maximum atomic E-state index is 12.8. The van der Waals surface area contributed by atoms with E-state index in [2.05, 4.69) is 10.6 Å². The van der Waals surface area contributed by atoms with E-state index in [-0.39, 0.29) is 23.6 Å². The lowest BCUT2D eigenvalue weighted by Crippen LogP contribution is -2.28. The number of rotatable bonds is 8. The molecule has 5 nitrogen and oxygen atoms in total. The molecule has 2 N–H and O–H groups in total. The molecular formula is C22H21ClN2O3S. The number of carbonyl (C=O) groups is 2. The van der Waals surface area contributed by atoms with E-state index in [4.69, 9.17) is 16.0 Å². The summed E-state index contributed by atoms with van der Waals surface area (Å²) in [5.41, 5.74) is 0.878. The number of halogens is 1. The fraction of sp³-hybridized carbons (Fsp3) is 0.182. The molecule has 0 aliphatic rings. The van der Waals surface area contributed by atoms with Crippen LogP contribution < -0.4 is 10.6 Å². The average molecular weight is 429 g/mol. The van der Waals surface area contributed by atoms with Crippen LogP contribution in [-0.4, -0.2) is 17.1 Å². The number of hydrogen-bond donors (Lipinski definition) is 2. The van der Waals surface area contributed by atoms with Crippen molar-refractivity contribution in [3.05, 3.63) is 83.3 Å². The van der Waals surface area contributed by atoms with Crippen molar-refractivity contribution < 1.29 is 14.0 Å². The van der Waals surface area contributed by atoms with Crippen molar-refractivity contribution in [2.75, 3.05) is 5.32 Å². The highest BCUT2D eigenvalue weighted by Crippen LogP contribution is 2.28. The van der Waals surface area contributed by atoms with Crippen LogP contribution in [0.1, 0.15) is 29.5 Å². The highest BCUT2D eigenvalue weighted by Gasteiger charge is 2.20. The third-order valence-corrected chi connectivity index (χ3v) is 5.82. The standard InChI is InChI=1S/C22H21ClN2O3S/c1-2-20(29-17-11-9-15(23)10-12-17)22(27)25-19-8-4-3-7-18(19)21(26)24-14-16-6-5-13-28-16/h3-13,20H,2,14H2,1H3,(H,24,26)(H,25,27)/t20-/m0/s1. The second-order valence-corrected chi connectivity index (χ2v) is 7.98. The van der Waals surface area contributed by atoms with Gasteiger partial charge in [0, 0.05) is 9.92 Å². The van der Waals surface area contributed by atoms with Gasteiger partial charge >= 0.3 is 0 Å². The monoisotopic (exact) mass is 428 g/mol. The Balaban J connectivity index is 1.67. The third-order valence-electron chi connectivity index (χ3n) is 4.19. The van der Waals surface area contributed by atoms with Crippen LogP contribution in [0.4, 0.5) is 5.69 Å². The van der Waals surface area contributed by atoms with E-state index in [0.29, 0.717) is 28.5 Å². The van der Waals surface area contributed by atoms with Gasteiger partial charge in [0.15, 0.2) is 0 Å². The van der Waals surface area contributed by atoms with Gasteiger partial charge < -0.3 is 15.1 Å². The highest BCUT2D eigenvalue weighted by molar-refractivity contribution is 8.00. The first kappa shape index (κ1) is 21.0. The number of amides is 2. The Labute approximate surface area is 178 Å². The molecule has 0 fully saturated rings. The van der Waals surface area contributed by atoms with E-state index in [1.54, 1.807) is 54.8 Å². The summed E-state index contributed by atoms with van der Waals surface area (Å²) >= 11 is 7.39. The van der Waals surface area contributed by atoms with Gasteiger partial charge in [-0.05, 0) is 55.0 Å². The maximum Gasteiger partial charge on any atom is 0.253 e. The normalized spacial score (nSPS) is 11.7. The van der Waals surface area contributed by atoms with Crippen LogP contribution in [0, 0.1) is 0 Å². The minimum absolute atomic E-state index is 0.154. The lowest BCUT2D eigenvalue weighted by atomic mass is 10.1. The number of para-hydroxylation sites is 1. The number of benzene rings is 2. The van der Waals surface area contributed by atoms with E-state index in [1.165, 1.54) is 11.8 Å². The smallest absolute Gasteiger partial charge is 0.253 e. The number of hydrogen-bond acceptors (Lipinski definition) is 4. The van der Waals surface area contributed by atoms with Gasteiger partial charge in [-0.15, -0.1) is 11.8 Å². The molecular weight excluding hydrogens is 408 g/mol. The van der Waals surface area contributed by atoms with Gasteiger partial charge in [0.25, 0.3) is 5.91 Å². The van der Waals surface area contributed by atoms with Gasteiger partial charge in [0.2, 0.25) is 5.91 Å². The van der Waals surface area contributed by atoms with Gasteiger partial charge in [-0.1, -0.05) is 30.7 Å². The molecule has 0 unspecified atom stereocenters. The summed E-state index contributed by atoms with van der Waals surface area (Å²) in [5, 5.41) is 6.06. The van der Waals surface area contributed by atoms with E-state index < -0.39 is 0 Å². The second-order valence-electron chi connectivity index (χ2n) is 6.27. The topological polar surface area (TPSA) is 71.3 Å². The number of furan rings is 1. The van der Waals surface area contributed by atoms with E-state index in [0.717, 1.165) is 4.90 Å². The molecule has 1 heterocycles. The molecule has 0 radical (unpaired) electrons. The SMILES string of the molecule is CC[C@H](Sc1ccc(Cl)cc1)C(=O)Nc1ccccc1C(=O)NCc1ccco1. The first-order valence-electron chi connectivity index (χ1n) is 9.19. The van der Waals surface area contributed by atoms with Crippen LogP contribution in [0.2, 0.25) is 5.02 Å². The van der Waals surface area contributed by atoms with Crippen LogP contribution in [0.15, 0.2) is 76.2 Å². The van der Waals surface area contributed by atoms with E-state index >= 15 is 0 Å². The summed E-state index contributed by atoms with van der Waals surface area (Å²) in [6, 6.07) is 17.9. The molecule has 0 aliphatic carbocycles. The molecule has 3 rings (SSSR count). The summed E-state index contributed by atoms with van der Waals surface area (Å²) in [4.78, 5) is 26.4. The Hall–Kier alpha value is -2.70. The van der Waals surface area contributed by atoms with Crippen molar-refractivity contribution in [1.82, 2.24) is 5.32 Å². The molecule has 1 aromatic heterocycles. The van der Waals surface area contributed by atoms with Gasteiger partial charge in [-0.25, -0.2) is 0 Å². The molecule has 7 heteroatoms. The lowest BCUT2D eigenvalue weighted by Gasteiger charge is -2.16. The Morgan fingerprint density at radius 3 is 2.52 bits per heavy atom. The van der Waals surface area contributed by atoms with Crippen molar-refractivity contribution >= 4 is 40.9 Å². The van der Waals surface area contributed by atoms with Gasteiger partial charge in [-0.3, -0.25) is 9.59 Å². The van der Waals surface area contributed by atoms with Crippen LogP contribution >= 0.6 is 23.4 Å². The van der Waals surface area contributed by atoms with E-state index in [9.17, 15) is 9.59 Å². The predicted octanol–water partition coefficient (Wildman–Crippen LogP) is 5.37. The first-order chi connectivity index (χ1) is 14.1. The fourth-order valence-corrected chi connectivity index (χ4v) is 3.76. The zero-order chi connectivity index (χ0) is 20.6. The van der Waals surface area contributed by atoms with Gasteiger partial charge in [0.1, 0.15) is 5.76 Å². The fourth-order valence-electron chi connectivity index (χ4n) is 2.68. The molecule has 150 valence electrons. The van der Waals surface area contributed by atoms with Crippen molar-refractivity contribution in [1.29, 1.82) is 0 Å². The minimum atomic E-state index is -0.296. The quantitative estimate of drug-likeness (QED) is 0.473. The maximum absolute atomic E-state index is 12.8. The Morgan fingerprint density at radius 1 is 1.07 bits per heavy atom. The van der Waals surface area contributed by atoms with E-state index in [1.807, 2.05) is 19.1 Å². The van der Waals surface area contributed by atoms with Crippen molar-refractivity contribution in [2.24, 2.45) is 0 Å². The number of carbonyl (C=O) groups excluding carboxylic acids is 2.